The van der Waals surface area contributed by atoms with E-state index in [4.69, 9.17) is 9.72 Å². The van der Waals surface area contributed by atoms with Gasteiger partial charge in [0.25, 0.3) is 0 Å². The molecule has 6 heteroatoms. The van der Waals surface area contributed by atoms with E-state index in [1.54, 1.807) is 18.4 Å². The molecule has 1 aliphatic heterocycles. The summed E-state index contributed by atoms with van der Waals surface area (Å²) in [5.74, 6) is 0. The van der Waals surface area contributed by atoms with E-state index in [0.717, 1.165) is 47.6 Å². The van der Waals surface area contributed by atoms with E-state index in [2.05, 4.69) is 11.4 Å². The van der Waals surface area contributed by atoms with Crippen molar-refractivity contribution in [1.29, 1.82) is 0 Å². The Hall–Kier alpha value is -2.44. The molecule has 0 aliphatic carbocycles. The summed E-state index contributed by atoms with van der Waals surface area (Å²) in [6.45, 7) is 1.22. The highest BCUT2D eigenvalue weighted by atomic mass is 32.1. The molecule has 1 saturated heterocycles. The number of carbonyl (C=O) groups excluding carboxylic acids is 1. The van der Waals surface area contributed by atoms with E-state index in [9.17, 15) is 4.79 Å². The zero-order valence-electron chi connectivity index (χ0n) is 15.4. The lowest BCUT2D eigenvalue weighted by Gasteiger charge is -2.34. The number of likely N-dealkylation sites (tertiary alicyclic amines) is 1. The highest BCUT2D eigenvalue weighted by Gasteiger charge is 2.30. The fourth-order valence-corrected chi connectivity index (χ4v) is 4.69. The zero-order valence-corrected chi connectivity index (χ0v) is 16.2. The van der Waals surface area contributed by atoms with E-state index >= 15 is 0 Å². The summed E-state index contributed by atoms with van der Waals surface area (Å²) in [7, 11) is 1.66. The summed E-state index contributed by atoms with van der Waals surface area (Å²) >= 11 is 1.69. The maximum absolute atomic E-state index is 13.1. The first-order chi connectivity index (χ1) is 13.3. The molecule has 5 nitrogen and oxygen atoms in total. The maximum Gasteiger partial charge on any atom is 0.322 e. The second-order valence-electron chi connectivity index (χ2n) is 6.75. The molecule has 1 aliphatic rings. The maximum atomic E-state index is 13.1. The first-order valence-corrected chi connectivity index (χ1v) is 10.1. The van der Waals surface area contributed by atoms with Gasteiger partial charge in [-0.15, -0.1) is 11.3 Å². The summed E-state index contributed by atoms with van der Waals surface area (Å²) in [4.78, 5) is 19.8. The van der Waals surface area contributed by atoms with Crippen molar-refractivity contribution in [3.8, 4) is 0 Å². The fourth-order valence-electron chi connectivity index (χ4n) is 3.57. The van der Waals surface area contributed by atoms with E-state index in [1.807, 2.05) is 47.4 Å². The number of rotatable bonds is 4. The normalized spacial score (nSPS) is 17.2. The average molecular weight is 382 g/mol. The standard InChI is InChI=1S/C21H23N3O2S/c1-26-14-15-8-2-3-9-16(15)23-21(25)24-13-7-6-11-18(24)20-22-17-10-4-5-12-19(17)27-20/h2-5,8-10,12,18H,6-7,11,13-14H2,1H3,(H,23,25). The Bertz CT molecular complexity index is 907. The number of amides is 2. The Morgan fingerprint density at radius 3 is 2.89 bits per heavy atom. The molecule has 1 aromatic heterocycles. The van der Waals surface area contributed by atoms with E-state index in [1.165, 1.54) is 4.70 Å². The van der Waals surface area contributed by atoms with Crippen LogP contribution in [0.3, 0.4) is 0 Å². The largest absolute Gasteiger partial charge is 0.380 e. The molecule has 4 rings (SSSR count). The third-order valence-electron chi connectivity index (χ3n) is 4.92. The summed E-state index contributed by atoms with van der Waals surface area (Å²) < 4.78 is 6.42. The molecule has 27 heavy (non-hydrogen) atoms. The molecule has 1 unspecified atom stereocenters. The average Bonchev–Trinajstić information content (AvgIpc) is 3.14. The molecule has 1 fully saturated rings. The van der Waals surface area contributed by atoms with Crippen molar-refractivity contribution in [2.75, 3.05) is 19.0 Å². The molecule has 2 aromatic carbocycles. The molecule has 3 aromatic rings. The molecule has 1 N–H and O–H groups in total. The molecule has 140 valence electrons. The summed E-state index contributed by atoms with van der Waals surface area (Å²) in [5.41, 5.74) is 2.79. The van der Waals surface area contributed by atoms with Crippen LogP contribution in [0.15, 0.2) is 48.5 Å². The first kappa shape index (κ1) is 17.9. The van der Waals surface area contributed by atoms with Gasteiger partial charge < -0.3 is 15.0 Å². The first-order valence-electron chi connectivity index (χ1n) is 9.26. The van der Waals surface area contributed by atoms with Gasteiger partial charge in [-0.25, -0.2) is 9.78 Å². The van der Waals surface area contributed by atoms with Crippen LogP contribution in [0.2, 0.25) is 0 Å². The molecule has 0 spiro atoms. The summed E-state index contributed by atoms with van der Waals surface area (Å²) in [6, 6.07) is 15.9. The third-order valence-corrected chi connectivity index (χ3v) is 6.06. The zero-order chi connectivity index (χ0) is 18.6. The number of methoxy groups -OCH3 is 1. The van der Waals surface area contributed by atoms with Crippen LogP contribution in [0.25, 0.3) is 10.2 Å². The highest BCUT2D eigenvalue weighted by molar-refractivity contribution is 7.18. The van der Waals surface area contributed by atoms with Crippen molar-refractivity contribution in [1.82, 2.24) is 9.88 Å². The van der Waals surface area contributed by atoms with Gasteiger partial charge >= 0.3 is 6.03 Å². The van der Waals surface area contributed by atoms with Gasteiger partial charge in [-0.05, 0) is 37.5 Å². The van der Waals surface area contributed by atoms with Gasteiger partial charge in [-0.1, -0.05) is 30.3 Å². The minimum atomic E-state index is -0.0671. The number of thiazole rings is 1. The predicted molar refractivity (Wildman–Crippen MR) is 109 cm³/mol. The van der Waals surface area contributed by atoms with Crippen LogP contribution < -0.4 is 5.32 Å². The van der Waals surface area contributed by atoms with Crippen LogP contribution in [-0.2, 0) is 11.3 Å². The molecule has 1 atom stereocenters. The SMILES string of the molecule is COCc1ccccc1NC(=O)N1CCCCC1c1nc2ccccc2s1. The van der Waals surface area contributed by atoms with Gasteiger partial charge in [0, 0.05) is 24.9 Å². The van der Waals surface area contributed by atoms with Gasteiger partial charge in [0.1, 0.15) is 5.01 Å². The van der Waals surface area contributed by atoms with E-state index in [-0.39, 0.29) is 12.1 Å². The second-order valence-corrected chi connectivity index (χ2v) is 7.81. The number of hydrogen-bond donors (Lipinski definition) is 1. The number of ether oxygens (including phenoxy) is 1. The molecule has 0 saturated carbocycles. The lowest BCUT2D eigenvalue weighted by molar-refractivity contribution is 0.163. The minimum absolute atomic E-state index is 0.0331. The van der Waals surface area contributed by atoms with Crippen LogP contribution in [0, 0.1) is 0 Å². The summed E-state index contributed by atoms with van der Waals surface area (Å²) in [6.07, 6.45) is 3.09. The number of piperidine rings is 1. The fraction of sp³-hybridized carbons (Fsp3) is 0.333. The Labute approximate surface area is 163 Å². The van der Waals surface area contributed by atoms with Gasteiger partial charge in [-0.2, -0.15) is 0 Å². The number of para-hydroxylation sites is 2. The van der Waals surface area contributed by atoms with Crippen molar-refractivity contribution < 1.29 is 9.53 Å². The quantitative estimate of drug-likeness (QED) is 0.676. The van der Waals surface area contributed by atoms with E-state index < -0.39 is 0 Å². The number of anilines is 1. The number of hydrogen-bond acceptors (Lipinski definition) is 4. The lowest BCUT2D eigenvalue weighted by Crippen LogP contribution is -2.41. The van der Waals surface area contributed by atoms with Gasteiger partial charge in [-0.3, -0.25) is 0 Å². The number of fused-ring (bicyclic) bond motifs is 1. The molecular formula is C21H23N3O2S. The number of aromatic nitrogens is 1. The van der Waals surface area contributed by atoms with Crippen LogP contribution in [0.4, 0.5) is 10.5 Å². The number of nitrogens with zero attached hydrogens (tertiary/aromatic N) is 2. The second kappa shape index (κ2) is 8.06. The molecular weight excluding hydrogens is 358 g/mol. The minimum Gasteiger partial charge on any atom is -0.380 e. The Morgan fingerprint density at radius 2 is 2.04 bits per heavy atom. The molecule has 0 radical (unpaired) electrons. The van der Waals surface area contributed by atoms with Crippen molar-refractivity contribution >= 4 is 33.3 Å². The van der Waals surface area contributed by atoms with Gasteiger partial charge in [0.05, 0.1) is 22.9 Å². The Balaban J connectivity index is 1.58. The lowest BCUT2D eigenvalue weighted by atomic mass is 10.0. The number of carbonyl (C=O) groups is 1. The van der Waals surface area contributed by atoms with Crippen LogP contribution in [0.1, 0.15) is 35.9 Å². The molecule has 2 heterocycles. The van der Waals surface area contributed by atoms with Crippen molar-refractivity contribution in [2.45, 2.75) is 31.9 Å². The third kappa shape index (κ3) is 3.82. The number of benzene rings is 2. The smallest absolute Gasteiger partial charge is 0.322 e. The van der Waals surface area contributed by atoms with Crippen molar-refractivity contribution in [3.05, 3.63) is 59.1 Å². The van der Waals surface area contributed by atoms with Gasteiger partial charge in [0.15, 0.2) is 0 Å². The van der Waals surface area contributed by atoms with Crippen LogP contribution >= 0.6 is 11.3 Å². The highest BCUT2D eigenvalue weighted by Crippen LogP contribution is 2.36. The Morgan fingerprint density at radius 1 is 1.22 bits per heavy atom. The molecule has 0 bridgehead atoms. The predicted octanol–water partition coefficient (Wildman–Crippen LogP) is 5.20. The van der Waals surface area contributed by atoms with Gasteiger partial charge in [0.2, 0.25) is 0 Å². The van der Waals surface area contributed by atoms with Crippen LogP contribution in [-0.4, -0.2) is 29.6 Å². The number of urea groups is 1. The van der Waals surface area contributed by atoms with Crippen molar-refractivity contribution in [3.63, 3.8) is 0 Å². The topological polar surface area (TPSA) is 54.5 Å². The van der Waals surface area contributed by atoms with Crippen LogP contribution in [0.5, 0.6) is 0 Å². The Kier molecular flexibility index (Phi) is 5.36. The van der Waals surface area contributed by atoms with E-state index in [0.29, 0.717) is 6.61 Å². The molecule has 2 amide bonds. The van der Waals surface area contributed by atoms with Crippen molar-refractivity contribution in [2.24, 2.45) is 0 Å². The number of nitrogens with one attached hydrogen (secondary N) is 1. The monoisotopic (exact) mass is 381 g/mol. The summed E-state index contributed by atoms with van der Waals surface area (Å²) in [5, 5.41) is 4.11.